The van der Waals surface area contributed by atoms with Gasteiger partial charge in [-0.1, -0.05) is 56.0 Å². The molecule has 0 saturated heterocycles. The van der Waals surface area contributed by atoms with Gasteiger partial charge in [-0.05, 0) is 31.5 Å². The molecule has 0 aliphatic carbocycles. The Labute approximate surface area is 115 Å². The topological polar surface area (TPSA) is 12.0 Å². The van der Waals surface area contributed by atoms with Gasteiger partial charge in [-0.2, -0.15) is 0 Å². The summed E-state index contributed by atoms with van der Waals surface area (Å²) in [5.74, 6) is 0. The van der Waals surface area contributed by atoms with E-state index in [1.165, 1.54) is 12.8 Å². The fourth-order valence-corrected chi connectivity index (χ4v) is 2.58. The first-order chi connectivity index (χ1) is 8.20. The molecule has 17 heavy (non-hydrogen) atoms. The molecule has 3 heteroatoms. The molecule has 1 aromatic rings. The van der Waals surface area contributed by atoms with Crippen molar-refractivity contribution in [3.8, 4) is 0 Å². The molecule has 1 N–H and O–H groups in total. The van der Waals surface area contributed by atoms with Crippen LogP contribution < -0.4 is 5.32 Å². The predicted octanol–water partition coefficient (Wildman–Crippen LogP) is 5.22. The molecule has 0 aliphatic heterocycles. The summed E-state index contributed by atoms with van der Waals surface area (Å²) in [6.07, 6.45) is 4.57. The zero-order chi connectivity index (χ0) is 12.7. The summed E-state index contributed by atoms with van der Waals surface area (Å²) in [6, 6.07) is 5.99. The highest BCUT2D eigenvalue weighted by Gasteiger charge is 2.16. The second kappa shape index (κ2) is 7.97. The zero-order valence-corrected chi connectivity index (χ0v) is 12.1. The van der Waals surface area contributed by atoms with Gasteiger partial charge in [-0.3, -0.25) is 0 Å². The highest BCUT2D eigenvalue weighted by molar-refractivity contribution is 6.36. The molecule has 1 unspecified atom stereocenters. The lowest BCUT2D eigenvalue weighted by molar-refractivity contribution is 0.481. The summed E-state index contributed by atoms with van der Waals surface area (Å²) in [6.45, 7) is 5.36. The molecular formula is C14H21Cl2N. The van der Waals surface area contributed by atoms with Crippen molar-refractivity contribution < 1.29 is 0 Å². The average molecular weight is 274 g/mol. The first-order valence-electron chi connectivity index (χ1n) is 6.38. The van der Waals surface area contributed by atoms with E-state index in [0.29, 0.717) is 0 Å². The molecule has 96 valence electrons. The third kappa shape index (κ3) is 4.50. The zero-order valence-electron chi connectivity index (χ0n) is 10.6. The molecule has 0 aliphatic rings. The Bertz CT molecular complexity index is 311. The monoisotopic (exact) mass is 273 g/mol. The minimum atomic E-state index is 0.274. The van der Waals surface area contributed by atoms with Gasteiger partial charge in [0.05, 0.1) is 0 Å². The van der Waals surface area contributed by atoms with Gasteiger partial charge in [0.15, 0.2) is 0 Å². The Balaban J connectivity index is 2.86. The maximum Gasteiger partial charge on any atom is 0.0468 e. The van der Waals surface area contributed by atoms with E-state index in [1.54, 1.807) is 0 Å². The van der Waals surface area contributed by atoms with Crippen molar-refractivity contribution in [2.24, 2.45) is 0 Å². The summed E-state index contributed by atoms with van der Waals surface area (Å²) < 4.78 is 0. The molecule has 0 fully saturated rings. The van der Waals surface area contributed by atoms with Crippen LogP contribution in [0.2, 0.25) is 10.0 Å². The van der Waals surface area contributed by atoms with Crippen LogP contribution in [0.1, 0.15) is 51.1 Å². The third-order valence-corrected chi connectivity index (χ3v) is 3.49. The Kier molecular flexibility index (Phi) is 6.94. The lowest BCUT2D eigenvalue weighted by Gasteiger charge is -2.21. The van der Waals surface area contributed by atoms with Crippen LogP contribution in [0.4, 0.5) is 0 Å². The van der Waals surface area contributed by atoms with E-state index in [0.717, 1.165) is 35.0 Å². The summed E-state index contributed by atoms with van der Waals surface area (Å²) in [7, 11) is 0. The van der Waals surface area contributed by atoms with Crippen molar-refractivity contribution in [2.75, 3.05) is 6.54 Å². The lowest BCUT2D eigenvalue weighted by Crippen LogP contribution is -2.22. The molecule has 0 spiro atoms. The van der Waals surface area contributed by atoms with Crippen LogP contribution in [-0.4, -0.2) is 6.54 Å². The van der Waals surface area contributed by atoms with Crippen LogP contribution in [0.5, 0.6) is 0 Å². The minimum Gasteiger partial charge on any atom is -0.310 e. The Morgan fingerprint density at radius 1 is 1.12 bits per heavy atom. The number of hydrogen-bond donors (Lipinski definition) is 1. The molecule has 1 rings (SSSR count). The quantitative estimate of drug-likeness (QED) is 0.718. The number of halogens is 2. The maximum atomic E-state index is 6.26. The van der Waals surface area contributed by atoms with Gasteiger partial charge in [0.1, 0.15) is 0 Å². The molecule has 0 bridgehead atoms. The van der Waals surface area contributed by atoms with Crippen LogP contribution in [0, 0.1) is 0 Å². The van der Waals surface area contributed by atoms with Crippen LogP contribution >= 0.6 is 23.2 Å². The molecule has 0 aromatic heterocycles. The van der Waals surface area contributed by atoms with Crippen molar-refractivity contribution in [3.05, 3.63) is 33.8 Å². The Morgan fingerprint density at radius 3 is 2.29 bits per heavy atom. The first-order valence-corrected chi connectivity index (χ1v) is 7.13. The van der Waals surface area contributed by atoms with Crippen LogP contribution in [-0.2, 0) is 0 Å². The molecule has 1 atom stereocenters. The Hall–Kier alpha value is -0.240. The van der Waals surface area contributed by atoms with Gasteiger partial charge < -0.3 is 5.32 Å². The van der Waals surface area contributed by atoms with E-state index in [1.807, 2.05) is 18.2 Å². The summed E-state index contributed by atoms with van der Waals surface area (Å²) >= 11 is 12.5. The van der Waals surface area contributed by atoms with Crippen molar-refractivity contribution in [1.82, 2.24) is 5.32 Å². The van der Waals surface area contributed by atoms with E-state index in [9.17, 15) is 0 Å². The average Bonchev–Trinajstić information content (AvgIpc) is 2.31. The maximum absolute atomic E-state index is 6.26. The highest BCUT2D eigenvalue weighted by Crippen LogP contribution is 2.32. The third-order valence-electron chi connectivity index (χ3n) is 2.84. The second-order valence-corrected chi connectivity index (χ2v) is 5.10. The number of nitrogens with one attached hydrogen (secondary N) is 1. The predicted molar refractivity (Wildman–Crippen MR) is 77.0 cm³/mol. The van der Waals surface area contributed by atoms with Crippen molar-refractivity contribution >= 4 is 23.2 Å². The van der Waals surface area contributed by atoms with E-state index in [4.69, 9.17) is 23.2 Å². The van der Waals surface area contributed by atoms with Crippen LogP contribution in [0.15, 0.2) is 18.2 Å². The largest absolute Gasteiger partial charge is 0.310 e. The van der Waals surface area contributed by atoms with E-state index in [2.05, 4.69) is 19.2 Å². The first kappa shape index (κ1) is 14.8. The fraction of sp³-hybridized carbons (Fsp3) is 0.571. The van der Waals surface area contributed by atoms with E-state index in [-0.39, 0.29) is 6.04 Å². The summed E-state index contributed by atoms with van der Waals surface area (Å²) in [5, 5.41) is 5.07. The normalized spacial score (nSPS) is 12.7. The number of benzene rings is 1. The highest BCUT2D eigenvalue weighted by atomic mass is 35.5. The van der Waals surface area contributed by atoms with Gasteiger partial charge in [-0.15, -0.1) is 0 Å². The lowest BCUT2D eigenvalue weighted by atomic mass is 10.0. The van der Waals surface area contributed by atoms with Gasteiger partial charge in [0, 0.05) is 21.7 Å². The van der Waals surface area contributed by atoms with E-state index < -0.39 is 0 Å². The van der Waals surface area contributed by atoms with Gasteiger partial charge in [-0.25, -0.2) is 0 Å². The fourth-order valence-electron chi connectivity index (χ4n) is 1.92. The number of hydrogen-bond acceptors (Lipinski definition) is 1. The molecule has 0 saturated carbocycles. The van der Waals surface area contributed by atoms with Gasteiger partial charge in [0.2, 0.25) is 0 Å². The standard InChI is InChI=1S/C14H21Cl2N/c1-3-5-9-13(17-10-4-2)14-11(15)7-6-8-12(14)16/h6-8,13,17H,3-5,9-10H2,1-2H3. The van der Waals surface area contributed by atoms with Crippen molar-refractivity contribution in [1.29, 1.82) is 0 Å². The van der Waals surface area contributed by atoms with Gasteiger partial charge >= 0.3 is 0 Å². The van der Waals surface area contributed by atoms with Crippen molar-refractivity contribution in [2.45, 2.75) is 45.6 Å². The molecular weight excluding hydrogens is 253 g/mol. The number of rotatable bonds is 7. The SMILES string of the molecule is CCCCC(NCCC)c1c(Cl)cccc1Cl. The van der Waals surface area contributed by atoms with Crippen LogP contribution in [0.25, 0.3) is 0 Å². The molecule has 1 nitrogen and oxygen atoms in total. The second-order valence-electron chi connectivity index (χ2n) is 4.28. The van der Waals surface area contributed by atoms with E-state index >= 15 is 0 Å². The molecule has 0 amide bonds. The molecule has 1 aromatic carbocycles. The molecule has 0 heterocycles. The number of unbranched alkanes of at least 4 members (excludes halogenated alkanes) is 1. The van der Waals surface area contributed by atoms with Crippen LogP contribution in [0.3, 0.4) is 0 Å². The summed E-state index contributed by atoms with van der Waals surface area (Å²) in [5.41, 5.74) is 1.05. The summed E-state index contributed by atoms with van der Waals surface area (Å²) in [4.78, 5) is 0. The van der Waals surface area contributed by atoms with Crippen molar-refractivity contribution in [3.63, 3.8) is 0 Å². The smallest absolute Gasteiger partial charge is 0.0468 e. The minimum absolute atomic E-state index is 0.274. The van der Waals surface area contributed by atoms with Gasteiger partial charge in [0.25, 0.3) is 0 Å². The molecule has 0 radical (unpaired) electrons. The Morgan fingerprint density at radius 2 is 1.76 bits per heavy atom.